The molecule has 1 amide bonds. The molecule has 20 heavy (non-hydrogen) atoms. The van der Waals surface area contributed by atoms with Crippen LogP contribution < -0.4 is 16.0 Å². The number of hydrogen-bond acceptors (Lipinski definition) is 4. The van der Waals surface area contributed by atoms with Crippen LogP contribution in [0.5, 0.6) is 0 Å². The second-order valence-corrected chi connectivity index (χ2v) is 4.17. The van der Waals surface area contributed by atoms with Crippen LogP contribution in [0.25, 0.3) is 0 Å². The Balaban J connectivity index is 0.00000200. The van der Waals surface area contributed by atoms with E-state index in [4.69, 9.17) is 0 Å². The molecular formula is C13H18FIN4O. The van der Waals surface area contributed by atoms with Gasteiger partial charge < -0.3 is 16.0 Å². The maximum Gasteiger partial charge on any atom is 0.254 e. The van der Waals surface area contributed by atoms with E-state index >= 15 is 0 Å². The Morgan fingerprint density at radius 1 is 1.35 bits per heavy atom. The fourth-order valence-electron chi connectivity index (χ4n) is 1.75. The van der Waals surface area contributed by atoms with Gasteiger partial charge in [-0.25, -0.2) is 4.39 Å². The van der Waals surface area contributed by atoms with Crippen molar-refractivity contribution in [3.05, 3.63) is 35.6 Å². The number of guanidine groups is 1. The van der Waals surface area contributed by atoms with Gasteiger partial charge in [-0.2, -0.15) is 0 Å². The van der Waals surface area contributed by atoms with Gasteiger partial charge in [-0.3, -0.25) is 9.79 Å². The first-order valence-corrected chi connectivity index (χ1v) is 6.32. The van der Waals surface area contributed by atoms with Gasteiger partial charge in [0.2, 0.25) is 0 Å². The summed E-state index contributed by atoms with van der Waals surface area (Å²) in [6, 6.07) is 5.93. The van der Waals surface area contributed by atoms with Crippen LogP contribution in [-0.4, -0.2) is 38.0 Å². The molecule has 1 aliphatic rings. The van der Waals surface area contributed by atoms with Gasteiger partial charge in [-0.15, -0.1) is 24.0 Å². The van der Waals surface area contributed by atoms with E-state index in [1.54, 1.807) is 12.1 Å². The van der Waals surface area contributed by atoms with Crippen molar-refractivity contribution in [2.75, 3.05) is 26.2 Å². The standard InChI is InChI=1S/C13H17FN4O.HI/c14-11-5-2-1-4-10(11)12(19)15-8-9-18-13-16-6-3-7-17-13;/h1-2,4-5H,3,6-9H2,(H,15,19)(H2,16,17,18);1H. The van der Waals surface area contributed by atoms with Crippen LogP contribution in [0.4, 0.5) is 4.39 Å². The first kappa shape index (κ1) is 16.7. The molecular weight excluding hydrogens is 374 g/mol. The van der Waals surface area contributed by atoms with E-state index in [9.17, 15) is 9.18 Å². The molecule has 0 saturated carbocycles. The molecule has 3 N–H and O–H groups in total. The molecule has 110 valence electrons. The summed E-state index contributed by atoms with van der Waals surface area (Å²) in [6.07, 6.45) is 1.04. The molecule has 0 saturated heterocycles. The molecule has 1 aromatic carbocycles. The first-order valence-electron chi connectivity index (χ1n) is 6.32. The molecule has 5 nitrogen and oxygen atoms in total. The third-order valence-electron chi connectivity index (χ3n) is 2.72. The summed E-state index contributed by atoms with van der Waals surface area (Å²) in [4.78, 5) is 15.9. The van der Waals surface area contributed by atoms with Crippen LogP contribution in [0.15, 0.2) is 29.3 Å². The van der Waals surface area contributed by atoms with E-state index in [1.165, 1.54) is 12.1 Å². The summed E-state index contributed by atoms with van der Waals surface area (Å²) < 4.78 is 13.3. The van der Waals surface area contributed by atoms with Crippen LogP contribution in [0.1, 0.15) is 16.8 Å². The lowest BCUT2D eigenvalue weighted by Crippen LogP contribution is -2.43. The fourth-order valence-corrected chi connectivity index (χ4v) is 1.75. The molecule has 1 aromatic rings. The normalized spacial score (nSPS) is 13.6. The minimum absolute atomic E-state index is 0. The van der Waals surface area contributed by atoms with E-state index < -0.39 is 11.7 Å². The average Bonchev–Trinajstić information content (AvgIpc) is 2.45. The highest BCUT2D eigenvalue weighted by Crippen LogP contribution is 2.05. The number of nitrogens with zero attached hydrogens (tertiary/aromatic N) is 1. The number of nitrogens with one attached hydrogen (secondary N) is 3. The number of benzene rings is 1. The van der Waals surface area contributed by atoms with Gasteiger partial charge in [0, 0.05) is 26.2 Å². The number of carbonyl (C=O) groups is 1. The highest BCUT2D eigenvalue weighted by atomic mass is 127. The van der Waals surface area contributed by atoms with E-state index in [-0.39, 0.29) is 29.5 Å². The summed E-state index contributed by atoms with van der Waals surface area (Å²) >= 11 is 0. The predicted octanol–water partition coefficient (Wildman–Crippen LogP) is 1.11. The largest absolute Gasteiger partial charge is 0.356 e. The van der Waals surface area contributed by atoms with Crippen molar-refractivity contribution in [2.24, 2.45) is 4.99 Å². The molecule has 2 rings (SSSR count). The Morgan fingerprint density at radius 3 is 2.85 bits per heavy atom. The lowest BCUT2D eigenvalue weighted by molar-refractivity contribution is 0.0950. The topological polar surface area (TPSA) is 65.5 Å². The third-order valence-corrected chi connectivity index (χ3v) is 2.72. The number of rotatable bonds is 4. The van der Waals surface area contributed by atoms with Crippen molar-refractivity contribution in [3.8, 4) is 0 Å². The lowest BCUT2D eigenvalue weighted by Gasteiger charge is -2.16. The highest BCUT2D eigenvalue weighted by Gasteiger charge is 2.09. The molecule has 1 heterocycles. The fraction of sp³-hybridized carbons (Fsp3) is 0.385. The van der Waals surface area contributed by atoms with Crippen molar-refractivity contribution in [1.82, 2.24) is 16.0 Å². The van der Waals surface area contributed by atoms with Gasteiger partial charge in [0.1, 0.15) is 5.82 Å². The molecule has 1 aliphatic heterocycles. The minimum Gasteiger partial charge on any atom is -0.356 e. The minimum atomic E-state index is -0.508. The molecule has 0 spiro atoms. The number of amides is 1. The molecule has 0 fully saturated rings. The van der Waals surface area contributed by atoms with E-state index in [2.05, 4.69) is 20.9 Å². The summed E-state index contributed by atoms with van der Waals surface area (Å²) in [5, 5.41) is 8.84. The van der Waals surface area contributed by atoms with Crippen LogP contribution in [0.3, 0.4) is 0 Å². The number of aliphatic imine (C=N–C) groups is 1. The van der Waals surface area contributed by atoms with Gasteiger partial charge >= 0.3 is 0 Å². The second-order valence-electron chi connectivity index (χ2n) is 4.17. The SMILES string of the molecule is I.O=C(NCCNC1=NCCCN1)c1ccccc1F. The Morgan fingerprint density at radius 2 is 2.15 bits per heavy atom. The van der Waals surface area contributed by atoms with Crippen molar-refractivity contribution in [3.63, 3.8) is 0 Å². The molecule has 0 unspecified atom stereocenters. The summed E-state index contributed by atoms with van der Waals surface area (Å²) in [6.45, 7) is 2.68. The molecule has 0 atom stereocenters. The zero-order chi connectivity index (χ0) is 13.5. The first-order chi connectivity index (χ1) is 9.27. The Kier molecular flexibility index (Phi) is 7.27. The lowest BCUT2D eigenvalue weighted by atomic mass is 10.2. The zero-order valence-electron chi connectivity index (χ0n) is 11.0. The maximum atomic E-state index is 13.3. The highest BCUT2D eigenvalue weighted by molar-refractivity contribution is 14.0. The Hall–Kier alpha value is -1.38. The molecule has 7 heteroatoms. The number of carbonyl (C=O) groups excluding carboxylic acids is 1. The van der Waals surface area contributed by atoms with Crippen molar-refractivity contribution >= 4 is 35.8 Å². The molecule has 0 bridgehead atoms. The summed E-state index contributed by atoms with van der Waals surface area (Å²) in [5.74, 6) is -0.156. The van der Waals surface area contributed by atoms with Crippen LogP contribution >= 0.6 is 24.0 Å². The van der Waals surface area contributed by atoms with Crippen LogP contribution in [0, 0.1) is 5.82 Å². The van der Waals surface area contributed by atoms with Gasteiger partial charge in [0.05, 0.1) is 5.56 Å². The number of hydrogen-bond donors (Lipinski definition) is 3. The van der Waals surface area contributed by atoms with Gasteiger partial charge in [-0.1, -0.05) is 12.1 Å². The smallest absolute Gasteiger partial charge is 0.254 e. The third kappa shape index (κ3) is 4.95. The summed E-state index contributed by atoms with van der Waals surface area (Å²) in [5.41, 5.74) is 0.0654. The van der Waals surface area contributed by atoms with Gasteiger partial charge in [-0.05, 0) is 18.6 Å². The molecule has 0 radical (unpaired) electrons. The van der Waals surface area contributed by atoms with Gasteiger partial charge in [0.25, 0.3) is 5.91 Å². The van der Waals surface area contributed by atoms with Gasteiger partial charge in [0.15, 0.2) is 5.96 Å². The Bertz CT molecular complexity index is 481. The van der Waals surface area contributed by atoms with E-state index in [0.29, 0.717) is 13.1 Å². The number of halogens is 2. The predicted molar refractivity (Wildman–Crippen MR) is 87.1 cm³/mol. The van der Waals surface area contributed by atoms with Crippen molar-refractivity contribution in [1.29, 1.82) is 0 Å². The zero-order valence-corrected chi connectivity index (χ0v) is 13.3. The van der Waals surface area contributed by atoms with Crippen LogP contribution in [0.2, 0.25) is 0 Å². The maximum absolute atomic E-state index is 13.3. The van der Waals surface area contributed by atoms with Crippen molar-refractivity contribution in [2.45, 2.75) is 6.42 Å². The van der Waals surface area contributed by atoms with E-state index in [1.807, 2.05) is 0 Å². The quantitative estimate of drug-likeness (QED) is 0.532. The average molecular weight is 392 g/mol. The monoisotopic (exact) mass is 392 g/mol. The molecule has 0 aromatic heterocycles. The summed E-state index contributed by atoms with van der Waals surface area (Å²) in [7, 11) is 0. The van der Waals surface area contributed by atoms with E-state index in [0.717, 1.165) is 25.5 Å². The Labute approximate surface area is 134 Å². The second kappa shape index (κ2) is 8.72. The van der Waals surface area contributed by atoms with Crippen LogP contribution in [-0.2, 0) is 0 Å². The molecule has 0 aliphatic carbocycles. The van der Waals surface area contributed by atoms with Crippen molar-refractivity contribution < 1.29 is 9.18 Å².